The molecule has 94 valence electrons. The summed E-state index contributed by atoms with van der Waals surface area (Å²) in [6.45, 7) is 4.00. The second kappa shape index (κ2) is 4.94. The molecule has 18 heavy (non-hydrogen) atoms. The predicted octanol–water partition coefficient (Wildman–Crippen LogP) is 3.64. The standard InChI is InChI=1S/C15H16O2S/c1-12(2)14-10-6-7-11-15(14)18(16,17)13-8-4-3-5-9-13/h3-12H,1-2H3. The van der Waals surface area contributed by atoms with Gasteiger partial charge >= 0.3 is 0 Å². The first-order valence-corrected chi connectivity index (χ1v) is 7.41. The van der Waals surface area contributed by atoms with Crippen LogP contribution in [0.3, 0.4) is 0 Å². The van der Waals surface area contributed by atoms with Gasteiger partial charge in [0.25, 0.3) is 0 Å². The molecule has 0 spiro atoms. The number of hydrogen-bond acceptors (Lipinski definition) is 2. The lowest BCUT2D eigenvalue weighted by Gasteiger charge is -2.13. The van der Waals surface area contributed by atoms with Crippen LogP contribution in [0.15, 0.2) is 64.4 Å². The lowest BCUT2D eigenvalue weighted by molar-refractivity contribution is 0.594. The maximum Gasteiger partial charge on any atom is 0.206 e. The van der Waals surface area contributed by atoms with Crippen LogP contribution in [0.5, 0.6) is 0 Å². The highest BCUT2D eigenvalue weighted by molar-refractivity contribution is 7.91. The topological polar surface area (TPSA) is 34.1 Å². The summed E-state index contributed by atoms with van der Waals surface area (Å²) in [5.41, 5.74) is 0.862. The number of hydrogen-bond donors (Lipinski definition) is 0. The highest BCUT2D eigenvalue weighted by Crippen LogP contribution is 2.28. The fourth-order valence-electron chi connectivity index (χ4n) is 1.93. The van der Waals surface area contributed by atoms with Gasteiger partial charge in [-0.05, 0) is 29.7 Å². The number of benzene rings is 2. The molecule has 0 radical (unpaired) electrons. The van der Waals surface area contributed by atoms with Crippen LogP contribution in [0.1, 0.15) is 25.3 Å². The molecule has 0 saturated carbocycles. The molecule has 2 aromatic carbocycles. The fraction of sp³-hybridized carbons (Fsp3) is 0.200. The van der Waals surface area contributed by atoms with Crippen molar-refractivity contribution in [1.29, 1.82) is 0 Å². The van der Waals surface area contributed by atoms with Gasteiger partial charge in [0.1, 0.15) is 0 Å². The van der Waals surface area contributed by atoms with E-state index in [0.29, 0.717) is 9.79 Å². The number of rotatable bonds is 3. The van der Waals surface area contributed by atoms with E-state index in [2.05, 4.69) is 0 Å². The molecule has 0 unspecified atom stereocenters. The van der Waals surface area contributed by atoms with E-state index >= 15 is 0 Å². The van der Waals surface area contributed by atoms with Gasteiger partial charge in [0.2, 0.25) is 9.84 Å². The van der Waals surface area contributed by atoms with Crippen molar-refractivity contribution in [1.82, 2.24) is 0 Å². The van der Waals surface area contributed by atoms with Crippen molar-refractivity contribution in [2.75, 3.05) is 0 Å². The van der Waals surface area contributed by atoms with Crippen molar-refractivity contribution in [2.24, 2.45) is 0 Å². The van der Waals surface area contributed by atoms with Gasteiger partial charge in [-0.3, -0.25) is 0 Å². The first-order chi connectivity index (χ1) is 8.53. The van der Waals surface area contributed by atoms with Gasteiger partial charge < -0.3 is 0 Å². The lowest BCUT2D eigenvalue weighted by atomic mass is 10.0. The van der Waals surface area contributed by atoms with Crippen LogP contribution < -0.4 is 0 Å². The van der Waals surface area contributed by atoms with Gasteiger partial charge in [0, 0.05) is 0 Å². The summed E-state index contributed by atoms with van der Waals surface area (Å²) in [5, 5.41) is 0. The maximum atomic E-state index is 12.6. The van der Waals surface area contributed by atoms with Gasteiger partial charge in [-0.15, -0.1) is 0 Å². The van der Waals surface area contributed by atoms with Crippen molar-refractivity contribution < 1.29 is 8.42 Å². The van der Waals surface area contributed by atoms with E-state index in [1.165, 1.54) is 0 Å². The van der Waals surface area contributed by atoms with Crippen molar-refractivity contribution in [3.63, 3.8) is 0 Å². The molecule has 2 nitrogen and oxygen atoms in total. The Balaban J connectivity index is 2.63. The second-order valence-corrected chi connectivity index (χ2v) is 6.43. The van der Waals surface area contributed by atoms with E-state index < -0.39 is 9.84 Å². The van der Waals surface area contributed by atoms with Crippen molar-refractivity contribution >= 4 is 9.84 Å². The molecule has 0 N–H and O–H groups in total. The molecule has 0 fully saturated rings. The van der Waals surface area contributed by atoms with E-state index in [1.807, 2.05) is 32.0 Å². The third-order valence-electron chi connectivity index (χ3n) is 2.88. The Bertz CT molecular complexity index is 629. The fourth-order valence-corrected chi connectivity index (χ4v) is 3.57. The Morgan fingerprint density at radius 1 is 0.833 bits per heavy atom. The van der Waals surface area contributed by atoms with E-state index in [-0.39, 0.29) is 5.92 Å². The van der Waals surface area contributed by atoms with Crippen LogP contribution in [0, 0.1) is 0 Å². The molecule has 0 amide bonds. The lowest BCUT2D eigenvalue weighted by Crippen LogP contribution is -2.06. The van der Waals surface area contributed by atoms with Crippen LogP contribution in [0.2, 0.25) is 0 Å². The predicted molar refractivity (Wildman–Crippen MR) is 72.4 cm³/mol. The van der Waals surface area contributed by atoms with E-state index in [1.54, 1.807) is 36.4 Å². The highest BCUT2D eigenvalue weighted by Gasteiger charge is 2.21. The zero-order valence-corrected chi connectivity index (χ0v) is 11.3. The molecule has 0 bridgehead atoms. The van der Waals surface area contributed by atoms with Gasteiger partial charge in [-0.1, -0.05) is 50.2 Å². The summed E-state index contributed by atoms with van der Waals surface area (Å²) in [4.78, 5) is 0.754. The van der Waals surface area contributed by atoms with Crippen molar-refractivity contribution in [2.45, 2.75) is 29.6 Å². The summed E-state index contributed by atoms with van der Waals surface area (Å²) in [7, 11) is -3.41. The summed E-state index contributed by atoms with van der Waals surface area (Å²) in [6, 6.07) is 15.8. The number of sulfone groups is 1. The monoisotopic (exact) mass is 260 g/mol. The molecular weight excluding hydrogens is 244 g/mol. The van der Waals surface area contributed by atoms with Crippen molar-refractivity contribution in [3.05, 3.63) is 60.2 Å². The van der Waals surface area contributed by atoms with Crippen LogP contribution in [0.25, 0.3) is 0 Å². The normalized spacial score (nSPS) is 11.7. The zero-order valence-electron chi connectivity index (χ0n) is 10.5. The summed E-state index contributed by atoms with van der Waals surface area (Å²) >= 11 is 0. The van der Waals surface area contributed by atoms with Gasteiger partial charge in [-0.25, -0.2) is 8.42 Å². The Morgan fingerprint density at radius 2 is 1.39 bits per heavy atom. The van der Waals surface area contributed by atoms with E-state index in [9.17, 15) is 8.42 Å². The van der Waals surface area contributed by atoms with Crippen LogP contribution in [-0.2, 0) is 9.84 Å². The summed E-state index contributed by atoms with van der Waals surface area (Å²) < 4.78 is 25.1. The minimum Gasteiger partial charge on any atom is -0.219 e. The smallest absolute Gasteiger partial charge is 0.206 e. The average molecular weight is 260 g/mol. The molecule has 2 rings (SSSR count). The zero-order chi connectivity index (χ0) is 13.2. The summed E-state index contributed by atoms with van der Waals surface area (Å²) in [6.07, 6.45) is 0. The first kappa shape index (κ1) is 12.8. The Labute approximate surface area is 108 Å². The van der Waals surface area contributed by atoms with Gasteiger partial charge in [-0.2, -0.15) is 0 Å². The molecule has 0 aliphatic heterocycles. The van der Waals surface area contributed by atoms with Crippen LogP contribution >= 0.6 is 0 Å². The van der Waals surface area contributed by atoms with E-state index in [0.717, 1.165) is 5.56 Å². The molecule has 0 aliphatic carbocycles. The maximum absolute atomic E-state index is 12.6. The second-order valence-electron chi connectivity index (χ2n) is 4.51. The van der Waals surface area contributed by atoms with E-state index in [4.69, 9.17) is 0 Å². The van der Waals surface area contributed by atoms with Crippen LogP contribution in [0.4, 0.5) is 0 Å². The Morgan fingerprint density at radius 3 is 2.00 bits per heavy atom. The van der Waals surface area contributed by atoms with Crippen LogP contribution in [-0.4, -0.2) is 8.42 Å². The van der Waals surface area contributed by atoms with Crippen molar-refractivity contribution in [3.8, 4) is 0 Å². The molecule has 0 atom stereocenters. The average Bonchev–Trinajstić information content (AvgIpc) is 2.39. The van der Waals surface area contributed by atoms with Gasteiger partial charge in [0.15, 0.2) is 0 Å². The summed E-state index contributed by atoms with van der Waals surface area (Å²) in [5.74, 6) is 0.180. The molecule has 0 heterocycles. The minimum atomic E-state index is -3.41. The quantitative estimate of drug-likeness (QED) is 0.844. The first-order valence-electron chi connectivity index (χ1n) is 5.92. The third kappa shape index (κ3) is 2.31. The Kier molecular flexibility index (Phi) is 3.53. The van der Waals surface area contributed by atoms with Gasteiger partial charge in [0.05, 0.1) is 9.79 Å². The molecule has 0 aliphatic rings. The Hall–Kier alpha value is -1.61. The molecule has 0 aromatic heterocycles. The molecule has 2 aromatic rings. The molecule has 0 saturated heterocycles. The molecular formula is C15H16O2S. The highest BCUT2D eigenvalue weighted by atomic mass is 32.2. The molecule has 3 heteroatoms. The largest absolute Gasteiger partial charge is 0.219 e. The minimum absolute atomic E-state index is 0.180. The SMILES string of the molecule is CC(C)c1ccccc1S(=O)(=O)c1ccccc1. The third-order valence-corrected chi connectivity index (χ3v) is 4.73.